The largest absolute Gasteiger partial charge is 0.460 e. The number of allylic oxidation sites excluding steroid dienone is 6. The molecule has 15 nitrogen and oxygen atoms in total. The van der Waals surface area contributed by atoms with E-state index in [0.29, 0.717) is 57.1 Å². The molecule has 0 radical (unpaired) electrons. The molecular formula is C54H87NO14. The van der Waals surface area contributed by atoms with Gasteiger partial charge in [-0.05, 0) is 101 Å². The Kier molecular flexibility index (Phi) is 22.3. The first kappa shape index (κ1) is 57.2. The smallest absolute Gasteiger partial charge is 0.323 e. The first-order valence-electron chi connectivity index (χ1n) is 25.8. The molecule has 3 saturated heterocycles. The minimum atomic E-state index is -1.90. The van der Waals surface area contributed by atoms with Gasteiger partial charge in [-0.3, -0.25) is 19.3 Å². The molecule has 0 spiro atoms. The summed E-state index contributed by atoms with van der Waals surface area (Å²) < 4.78 is 42.3. The van der Waals surface area contributed by atoms with Crippen molar-refractivity contribution in [1.82, 2.24) is 4.90 Å². The summed E-state index contributed by atoms with van der Waals surface area (Å²) in [6.07, 6.45) is 11.6. The number of hydrogen-bond donors (Lipinski definition) is 4. The predicted octanol–water partition coefficient (Wildman–Crippen LogP) is 6.19. The maximum atomic E-state index is 14.6. The van der Waals surface area contributed by atoms with Crippen molar-refractivity contribution in [3.05, 3.63) is 47.6 Å². The fraction of sp³-hybridized carbons (Fsp3) is 0.796. The summed E-state index contributed by atoms with van der Waals surface area (Å²) >= 11 is 0. The number of nitrogens with zero attached hydrogens (tertiary/aromatic N) is 1. The van der Waals surface area contributed by atoms with E-state index < -0.39 is 78.4 Å². The summed E-state index contributed by atoms with van der Waals surface area (Å²) in [6, 6.07) is -0.708. The third-order valence-corrected chi connectivity index (χ3v) is 15.7. The second-order valence-corrected chi connectivity index (χ2v) is 21.1. The van der Waals surface area contributed by atoms with Gasteiger partial charge in [0, 0.05) is 58.5 Å². The first-order chi connectivity index (χ1) is 32.9. The number of aliphatic hydroxyl groups excluding tert-OH is 3. The molecule has 4 aliphatic heterocycles. The Morgan fingerprint density at radius 1 is 0.870 bits per heavy atom. The predicted molar refractivity (Wildman–Crippen MR) is 261 cm³/mol. The summed E-state index contributed by atoms with van der Waals surface area (Å²) in [5, 5.41) is 44.9. The van der Waals surface area contributed by atoms with Gasteiger partial charge >= 0.3 is 5.97 Å². The van der Waals surface area contributed by atoms with Gasteiger partial charge in [-0.1, -0.05) is 77.5 Å². The second kappa shape index (κ2) is 26.9. The minimum Gasteiger partial charge on any atom is -0.460 e. The lowest BCUT2D eigenvalue weighted by molar-refractivity contribution is -0.324. The number of Topliss-reactive ketones (excluding diaryl/α,β-unsaturated/α-hetero) is 2. The number of ether oxygens (including phenoxy) is 7. The number of carbonyl (C=O) groups is 3. The van der Waals surface area contributed by atoms with Crippen molar-refractivity contribution in [2.45, 2.75) is 199 Å². The highest BCUT2D eigenvalue weighted by molar-refractivity contribution is 5.86. The summed E-state index contributed by atoms with van der Waals surface area (Å²) in [4.78, 5) is 44.5. The van der Waals surface area contributed by atoms with E-state index >= 15 is 0 Å². The van der Waals surface area contributed by atoms with Crippen LogP contribution in [0, 0.1) is 35.5 Å². The van der Waals surface area contributed by atoms with Crippen LogP contribution >= 0.6 is 0 Å². The Labute approximate surface area is 412 Å². The first-order valence-corrected chi connectivity index (χ1v) is 25.8. The summed E-state index contributed by atoms with van der Waals surface area (Å²) in [5.74, 6) is -4.28. The zero-order valence-electron chi connectivity index (χ0n) is 43.2. The Morgan fingerprint density at radius 2 is 1.62 bits per heavy atom. The Balaban J connectivity index is 1.43. The van der Waals surface area contributed by atoms with Crippen LogP contribution in [-0.2, 0) is 47.5 Å². The molecule has 15 heteroatoms. The normalized spacial score (nSPS) is 42.8. The highest BCUT2D eigenvalue weighted by Gasteiger charge is 2.60. The Bertz CT molecular complexity index is 1780. The fourth-order valence-corrected chi connectivity index (χ4v) is 11.3. The zero-order valence-corrected chi connectivity index (χ0v) is 43.2. The molecule has 392 valence electrons. The van der Waals surface area contributed by atoms with Gasteiger partial charge in [-0.15, -0.1) is 0 Å². The zero-order chi connectivity index (χ0) is 50.6. The molecule has 1 saturated carbocycles. The van der Waals surface area contributed by atoms with E-state index in [1.54, 1.807) is 34.1 Å². The van der Waals surface area contributed by atoms with Gasteiger partial charge in [0.25, 0.3) is 0 Å². The van der Waals surface area contributed by atoms with Gasteiger partial charge in [0.1, 0.15) is 48.6 Å². The van der Waals surface area contributed by atoms with Crippen molar-refractivity contribution < 1.29 is 68.0 Å². The highest BCUT2D eigenvalue weighted by Crippen LogP contribution is 2.44. The molecule has 69 heavy (non-hydrogen) atoms. The van der Waals surface area contributed by atoms with Crippen molar-refractivity contribution in [2.24, 2.45) is 35.5 Å². The van der Waals surface area contributed by atoms with Crippen LogP contribution in [0.15, 0.2) is 47.6 Å². The van der Waals surface area contributed by atoms with Crippen LogP contribution in [0.25, 0.3) is 0 Å². The van der Waals surface area contributed by atoms with Crippen molar-refractivity contribution >= 4 is 17.5 Å². The third kappa shape index (κ3) is 15.2. The summed E-state index contributed by atoms with van der Waals surface area (Å²) in [7, 11) is 4.71. The molecule has 18 atom stereocenters. The molecule has 0 aromatic heterocycles. The fourth-order valence-electron chi connectivity index (χ4n) is 11.3. The highest BCUT2D eigenvalue weighted by atomic mass is 16.7. The number of epoxide rings is 1. The van der Waals surface area contributed by atoms with E-state index in [9.17, 15) is 34.8 Å². The maximum Gasteiger partial charge on any atom is 0.323 e. The molecule has 4 fully saturated rings. The van der Waals surface area contributed by atoms with Gasteiger partial charge in [0.15, 0.2) is 11.6 Å². The lowest BCUT2D eigenvalue weighted by Crippen LogP contribution is -2.58. The van der Waals surface area contributed by atoms with Crippen molar-refractivity contribution in [3.63, 3.8) is 0 Å². The number of rotatable bonds is 9. The van der Waals surface area contributed by atoms with E-state index in [1.165, 1.54) is 7.11 Å². The van der Waals surface area contributed by atoms with Crippen molar-refractivity contribution in [1.29, 1.82) is 0 Å². The van der Waals surface area contributed by atoms with Crippen LogP contribution in [0.2, 0.25) is 0 Å². The molecule has 5 rings (SSSR count). The van der Waals surface area contributed by atoms with E-state index in [0.717, 1.165) is 31.3 Å². The average Bonchev–Trinajstić information content (AvgIpc) is 4.13. The lowest BCUT2D eigenvalue weighted by atomic mass is 9.78. The second-order valence-electron chi connectivity index (χ2n) is 21.1. The van der Waals surface area contributed by atoms with Gasteiger partial charge in [0.05, 0.1) is 37.6 Å². The quantitative estimate of drug-likeness (QED) is 0.116. The molecule has 4 heterocycles. The summed E-state index contributed by atoms with van der Waals surface area (Å²) in [6.45, 7) is 13.8. The molecular weight excluding hydrogens is 887 g/mol. The van der Waals surface area contributed by atoms with Crippen molar-refractivity contribution in [3.8, 4) is 0 Å². The molecule has 1 aliphatic carbocycles. The Morgan fingerprint density at radius 3 is 2.32 bits per heavy atom. The number of hydrogen-bond acceptors (Lipinski definition) is 15. The van der Waals surface area contributed by atoms with Gasteiger partial charge in [0.2, 0.25) is 0 Å². The standard InChI is InChI=1S/C54H87NO14/c1-32-16-12-11-13-17-33(2)44(63-8)30-40-21-19-38(7)54(62,69-40)51(60)50-52(68-50)55-23-15-14-18-41(55)53(61)67-45(35(4)28-39-20-22-43(66-25-24-56)46(29-39)64-9)31-42(57)34(3)27-37(6)48(59)49(65-10)47(58)36(5)26-32/h11-13,16-17,27,32,34-36,38-41,43-46,48-52,56,59-60,62H,14-15,18-26,28-31H2,1-10H3/b13-11+,16-12+,33-17+,37-27+/t32-,34-,35-,36-,38-,39+,40+,41+,43-,44+,45+,46-,48-,49+,50?,51-,52?,54-/m1/s1. The number of ketones is 2. The maximum absolute atomic E-state index is 14.6. The third-order valence-electron chi connectivity index (χ3n) is 15.7. The molecule has 0 amide bonds. The van der Waals surface area contributed by atoms with Crippen molar-refractivity contribution in [2.75, 3.05) is 41.1 Å². The van der Waals surface area contributed by atoms with Crippen LogP contribution in [0.5, 0.6) is 0 Å². The van der Waals surface area contributed by atoms with Crippen LogP contribution in [0.3, 0.4) is 0 Å². The molecule has 2 bridgehead atoms. The van der Waals surface area contributed by atoms with E-state index in [4.69, 9.17) is 33.2 Å². The van der Waals surface area contributed by atoms with Crippen LogP contribution in [-0.4, -0.2) is 157 Å². The Hall–Kier alpha value is -2.67. The van der Waals surface area contributed by atoms with Gasteiger partial charge in [-0.2, -0.15) is 0 Å². The molecule has 5 aliphatic rings. The van der Waals surface area contributed by atoms with Gasteiger partial charge in [-0.25, -0.2) is 0 Å². The SMILES string of the molecule is CO[C@H]1C[C@@H]2CC[C@@H](C)[C@@](O)(O2)[C@H](O)C2OC2N2CCCC[C@H]2C(=O)O[C@H]([C@H](C)C[C@@H]2CC[C@@H](OCCO)[C@H](OC)C2)CC(=O)[C@H](C)/C=C(\C)[C@@H](O)[C@@H](OC)C(=O)[C@H](C)C[C@H](C)/C=C/C=C/C=C/1C. The molecule has 4 N–H and O–H groups in total. The monoisotopic (exact) mass is 974 g/mol. The van der Waals surface area contributed by atoms with Crippen LogP contribution in [0.4, 0.5) is 0 Å². The topological polar surface area (TPSA) is 203 Å². The number of methoxy groups -OCH3 is 3. The van der Waals surface area contributed by atoms with E-state index in [-0.39, 0.29) is 67.3 Å². The minimum absolute atomic E-state index is 0.0406. The molecule has 2 unspecified atom stereocenters. The molecule has 0 aromatic carbocycles. The number of piperidine rings is 1. The van der Waals surface area contributed by atoms with E-state index in [2.05, 4.69) is 0 Å². The number of aliphatic hydroxyl groups is 4. The lowest BCUT2D eigenvalue weighted by Gasteiger charge is -2.45. The number of carbonyl (C=O) groups excluding carboxylic acids is 3. The van der Waals surface area contributed by atoms with E-state index in [1.807, 2.05) is 69.9 Å². The average molecular weight is 974 g/mol. The van der Waals surface area contributed by atoms with Gasteiger partial charge < -0.3 is 53.6 Å². The number of esters is 1. The van der Waals surface area contributed by atoms with Crippen LogP contribution < -0.4 is 0 Å². The number of fused-ring (bicyclic) bond motifs is 5. The van der Waals surface area contributed by atoms with Crippen LogP contribution in [0.1, 0.15) is 126 Å². The molecule has 0 aromatic rings. The summed E-state index contributed by atoms with van der Waals surface area (Å²) in [5.41, 5.74) is 1.39. The number of cyclic esters (lactones) is 1.